The van der Waals surface area contributed by atoms with E-state index < -0.39 is 12.0 Å². The van der Waals surface area contributed by atoms with Gasteiger partial charge in [0.05, 0.1) is 17.0 Å². The monoisotopic (exact) mass is 472 g/mol. The Balaban J connectivity index is 0.000000499. The van der Waals surface area contributed by atoms with Crippen LogP contribution in [0.5, 0.6) is 0 Å². The van der Waals surface area contributed by atoms with E-state index in [-0.39, 0.29) is 12.0 Å². The van der Waals surface area contributed by atoms with Gasteiger partial charge in [0.25, 0.3) is 0 Å². The lowest BCUT2D eigenvalue weighted by Gasteiger charge is -2.27. The number of aliphatic hydroxyl groups is 1. The molecule has 182 valence electrons. The number of nitrogens with one attached hydrogen (secondary N) is 1. The van der Waals surface area contributed by atoms with Crippen molar-refractivity contribution in [2.24, 2.45) is 10.2 Å². The van der Waals surface area contributed by atoms with Gasteiger partial charge < -0.3 is 16.2 Å². The number of pyridine rings is 1. The van der Waals surface area contributed by atoms with E-state index in [9.17, 15) is 13.9 Å². The highest BCUT2D eigenvalue weighted by Crippen LogP contribution is 2.51. The van der Waals surface area contributed by atoms with E-state index in [2.05, 4.69) is 30.6 Å². The maximum atomic E-state index is 10.8. The van der Waals surface area contributed by atoms with Crippen LogP contribution in [-0.2, 0) is 0 Å². The molecule has 0 spiro atoms. The van der Waals surface area contributed by atoms with E-state index in [4.69, 9.17) is 5.73 Å². The maximum Gasteiger partial charge on any atom is 0.243 e. The van der Waals surface area contributed by atoms with Crippen LogP contribution in [0.25, 0.3) is 16.8 Å². The molecule has 2 bridgehead atoms. The second kappa shape index (κ2) is 9.21. The summed E-state index contributed by atoms with van der Waals surface area (Å²) in [6.45, 7) is 3.35. The first kappa shape index (κ1) is 23.9. The largest absolute Gasteiger partial charge is 0.390 e. The molecule has 0 saturated heterocycles. The molecule has 3 aromatic rings. The predicted molar refractivity (Wildman–Crippen MR) is 126 cm³/mol. The smallest absolute Gasteiger partial charge is 0.243 e. The van der Waals surface area contributed by atoms with Gasteiger partial charge in [-0.2, -0.15) is 15.2 Å². The molecular formula is C23H30F2N8O. The van der Waals surface area contributed by atoms with E-state index in [1.807, 2.05) is 31.3 Å². The summed E-state index contributed by atoms with van der Waals surface area (Å²) >= 11 is 0. The van der Waals surface area contributed by atoms with Crippen molar-refractivity contribution in [2.45, 2.75) is 69.9 Å². The molecule has 0 aromatic carbocycles. The molecule has 5 rings (SSSR count). The number of nitrogen functional groups attached to an aromatic ring is 1. The van der Waals surface area contributed by atoms with Gasteiger partial charge in [0.2, 0.25) is 12.4 Å². The van der Waals surface area contributed by atoms with E-state index in [1.54, 1.807) is 11.6 Å². The molecule has 2 fully saturated rings. The fraction of sp³-hybridized carbons (Fsp3) is 0.522. The molecule has 0 atom stereocenters. The molecule has 2 aliphatic rings. The lowest BCUT2D eigenvalue weighted by molar-refractivity contribution is 0.0521. The number of aryl methyl sites for hydroxylation is 1. The molecule has 0 unspecified atom stereocenters. The first-order valence-electron chi connectivity index (χ1n) is 11.4. The Labute approximate surface area is 196 Å². The normalized spacial score (nSPS) is 23.6. The van der Waals surface area contributed by atoms with Gasteiger partial charge in [0.15, 0.2) is 5.82 Å². The molecule has 9 nitrogen and oxygen atoms in total. The third-order valence-electron chi connectivity index (χ3n) is 6.57. The van der Waals surface area contributed by atoms with Gasteiger partial charge in [-0.25, -0.2) is 13.3 Å². The van der Waals surface area contributed by atoms with Crippen LogP contribution in [0.2, 0.25) is 0 Å². The van der Waals surface area contributed by atoms with Gasteiger partial charge in [0.1, 0.15) is 11.2 Å². The van der Waals surface area contributed by atoms with Crippen molar-refractivity contribution in [3.05, 3.63) is 30.1 Å². The average Bonchev–Trinajstić information content (AvgIpc) is 3.46. The zero-order valence-corrected chi connectivity index (χ0v) is 19.6. The number of hydrogen-bond donors (Lipinski definition) is 3. The number of nitrogens with zero attached hydrogens (tertiary/aromatic N) is 6. The van der Waals surface area contributed by atoms with E-state index in [0.29, 0.717) is 11.8 Å². The molecule has 34 heavy (non-hydrogen) atoms. The number of azo groups is 1. The van der Waals surface area contributed by atoms with E-state index in [1.165, 1.54) is 6.92 Å². The fourth-order valence-corrected chi connectivity index (χ4v) is 4.81. The highest BCUT2D eigenvalue weighted by Gasteiger charge is 2.53. The SMILES string of the molecule is CCC(F)F.CN=Nc1ccc(-c2ccn3nc(NC45CCC(O)(CC4)C5)nc(N)c23)nc1C. The minimum Gasteiger partial charge on any atom is -0.390 e. The Kier molecular flexibility index (Phi) is 6.48. The van der Waals surface area contributed by atoms with Crippen LogP contribution in [-0.4, -0.2) is 49.3 Å². The lowest BCUT2D eigenvalue weighted by Crippen LogP contribution is -2.34. The Bertz CT molecular complexity index is 1200. The summed E-state index contributed by atoms with van der Waals surface area (Å²) in [6.07, 6.45) is 3.95. The highest BCUT2D eigenvalue weighted by atomic mass is 19.3. The summed E-state index contributed by atoms with van der Waals surface area (Å²) in [5, 5.41) is 26.5. The van der Waals surface area contributed by atoms with Crippen molar-refractivity contribution in [3.63, 3.8) is 0 Å². The standard InChI is InChI=1S/C20H24N8O.C3H6F2/c1-12-14(26-22-2)3-4-15(23-12)13-5-10-28-16(13)17(21)24-18(27-28)25-19-6-8-20(29,11-19)9-7-19;1-2-3(4)5/h3-5,10,29H,6-9,11H2,1-2H3,(H3,21,24,25,27);3H,2H2,1H3. The third-order valence-corrected chi connectivity index (χ3v) is 6.57. The van der Waals surface area contributed by atoms with Crippen LogP contribution < -0.4 is 11.1 Å². The summed E-state index contributed by atoms with van der Waals surface area (Å²) in [6, 6.07) is 5.73. The Hall–Kier alpha value is -3.21. The predicted octanol–water partition coefficient (Wildman–Crippen LogP) is 4.92. The van der Waals surface area contributed by atoms with Crippen LogP contribution in [0, 0.1) is 6.92 Å². The quantitative estimate of drug-likeness (QED) is 0.453. The average molecular weight is 473 g/mol. The van der Waals surface area contributed by atoms with Crippen LogP contribution in [0.15, 0.2) is 34.6 Å². The number of anilines is 2. The Morgan fingerprint density at radius 1 is 1.21 bits per heavy atom. The van der Waals surface area contributed by atoms with Gasteiger partial charge in [0, 0.05) is 30.8 Å². The minimum absolute atomic E-state index is 0.0278. The molecule has 0 radical (unpaired) electrons. The van der Waals surface area contributed by atoms with E-state index in [0.717, 1.165) is 60.3 Å². The number of alkyl halides is 2. The molecule has 11 heteroatoms. The van der Waals surface area contributed by atoms with Crippen molar-refractivity contribution in [3.8, 4) is 11.3 Å². The maximum absolute atomic E-state index is 10.8. The molecule has 0 aliphatic heterocycles. The fourth-order valence-electron chi connectivity index (χ4n) is 4.81. The zero-order valence-electron chi connectivity index (χ0n) is 19.6. The summed E-state index contributed by atoms with van der Waals surface area (Å²) in [7, 11) is 1.63. The van der Waals surface area contributed by atoms with Crippen LogP contribution in [0.1, 0.15) is 51.1 Å². The summed E-state index contributed by atoms with van der Waals surface area (Å²) in [5.74, 6) is 0.882. The van der Waals surface area contributed by atoms with E-state index >= 15 is 0 Å². The second-order valence-electron chi connectivity index (χ2n) is 9.05. The molecule has 3 heterocycles. The topological polar surface area (TPSA) is 126 Å². The lowest BCUT2D eigenvalue weighted by atomic mass is 9.93. The van der Waals surface area contributed by atoms with Gasteiger partial charge in [-0.1, -0.05) is 6.92 Å². The number of fused-ring (bicyclic) bond motifs is 3. The van der Waals surface area contributed by atoms with Crippen molar-refractivity contribution >= 4 is 23.0 Å². The molecular weight excluding hydrogens is 442 g/mol. The molecule has 2 saturated carbocycles. The summed E-state index contributed by atoms with van der Waals surface area (Å²) in [4.78, 5) is 9.17. The van der Waals surface area contributed by atoms with Crippen molar-refractivity contribution in [2.75, 3.05) is 18.1 Å². The van der Waals surface area contributed by atoms with Crippen LogP contribution >= 0.6 is 0 Å². The third kappa shape index (κ3) is 4.70. The van der Waals surface area contributed by atoms with Crippen molar-refractivity contribution in [1.29, 1.82) is 0 Å². The zero-order chi connectivity index (χ0) is 24.5. The van der Waals surface area contributed by atoms with Crippen LogP contribution in [0.4, 0.5) is 26.2 Å². The first-order chi connectivity index (χ1) is 16.2. The molecule has 0 amide bonds. The number of aromatic nitrogens is 4. The Morgan fingerprint density at radius 2 is 1.91 bits per heavy atom. The Morgan fingerprint density at radius 3 is 2.47 bits per heavy atom. The minimum atomic E-state index is -2.12. The highest BCUT2D eigenvalue weighted by molar-refractivity contribution is 5.86. The number of rotatable bonds is 5. The first-order valence-corrected chi connectivity index (χ1v) is 11.4. The number of hydrogen-bond acceptors (Lipinski definition) is 8. The summed E-state index contributed by atoms with van der Waals surface area (Å²) in [5.41, 5.74) is 9.57. The van der Waals surface area contributed by atoms with Gasteiger partial charge >= 0.3 is 0 Å². The van der Waals surface area contributed by atoms with Crippen molar-refractivity contribution in [1.82, 2.24) is 19.6 Å². The van der Waals surface area contributed by atoms with Gasteiger partial charge in [-0.3, -0.25) is 4.98 Å². The number of nitrogens with two attached hydrogens (primary N) is 1. The van der Waals surface area contributed by atoms with Gasteiger partial charge in [-0.05, 0) is 57.2 Å². The van der Waals surface area contributed by atoms with Crippen LogP contribution in [0.3, 0.4) is 0 Å². The van der Waals surface area contributed by atoms with Crippen molar-refractivity contribution < 1.29 is 13.9 Å². The second-order valence-corrected chi connectivity index (χ2v) is 9.05. The van der Waals surface area contributed by atoms with Gasteiger partial charge in [-0.15, -0.1) is 5.10 Å². The number of halogens is 2. The summed E-state index contributed by atoms with van der Waals surface area (Å²) < 4.78 is 23.3. The molecule has 3 aromatic heterocycles. The molecule has 4 N–H and O–H groups in total. The molecule has 2 aliphatic carbocycles.